The first-order valence-electron chi connectivity index (χ1n) is 5.88. The number of benzene rings is 1. The minimum absolute atomic E-state index is 0.401. The van der Waals surface area contributed by atoms with Gasteiger partial charge in [-0.1, -0.05) is 36.4 Å². The lowest BCUT2D eigenvalue weighted by Crippen LogP contribution is -2.04. The molecule has 0 aliphatic rings. The summed E-state index contributed by atoms with van der Waals surface area (Å²) < 4.78 is 1.55. The summed E-state index contributed by atoms with van der Waals surface area (Å²) in [5.74, 6) is 1.05. The van der Waals surface area contributed by atoms with Gasteiger partial charge in [0.15, 0.2) is 11.6 Å². The van der Waals surface area contributed by atoms with Crippen LogP contribution in [0.1, 0.15) is 0 Å². The molecule has 3 rings (SSSR count). The third kappa shape index (κ3) is 1.91. The zero-order valence-corrected chi connectivity index (χ0v) is 10.2. The van der Waals surface area contributed by atoms with Gasteiger partial charge in [0.25, 0.3) is 0 Å². The molecule has 5 heteroatoms. The number of hydrogen-bond donors (Lipinski definition) is 2. The Bertz CT molecular complexity index is 629. The van der Waals surface area contributed by atoms with E-state index in [1.807, 2.05) is 48.5 Å². The lowest BCUT2D eigenvalue weighted by atomic mass is 10.1. The molecule has 0 atom stereocenters. The largest absolute Gasteiger partial charge is 0.394 e. The summed E-state index contributed by atoms with van der Waals surface area (Å²) in [4.78, 5) is 4.22. The highest BCUT2D eigenvalue weighted by Gasteiger charge is 2.15. The van der Waals surface area contributed by atoms with Gasteiger partial charge in [0.1, 0.15) is 11.4 Å². The van der Waals surface area contributed by atoms with Gasteiger partial charge in [0, 0.05) is 11.8 Å². The molecule has 0 amide bonds. The number of aromatic nitrogens is 3. The Hall–Kier alpha value is -2.82. The maximum Gasteiger partial charge on any atom is 0.155 e. The molecule has 4 N–H and O–H groups in total. The Morgan fingerprint density at radius 2 is 1.63 bits per heavy atom. The average Bonchev–Trinajstić information content (AvgIpc) is 2.77. The van der Waals surface area contributed by atoms with E-state index < -0.39 is 0 Å². The van der Waals surface area contributed by atoms with Crippen molar-refractivity contribution in [3.63, 3.8) is 0 Å². The minimum Gasteiger partial charge on any atom is -0.394 e. The van der Waals surface area contributed by atoms with Crippen LogP contribution < -0.4 is 11.5 Å². The molecular formula is C14H13N5. The minimum atomic E-state index is 0.401. The van der Waals surface area contributed by atoms with Crippen LogP contribution in [0.5, 0.6) is 0 Å². The molecule has 0 unspecified atom stereocenters. The summed E-state index contributed by atoms with van der Waals surface area (Å²) in [6, 6.07) is 15.3. The van der Waals surface area contributed by atoms with Gasteiger partial charge in [-0.05, 0) is 12.1 Å². The van der Waals surface area contributed by atoms with E-state index in [2.05, 4.69) is 10.1 Å². The fraction of sp³-hybridized carbons (Fsp3) is 0. The number of hydrogen-bond acceptors (Lipinski definition) is 4. The highest BCUT2D eigenvalue weighted by atomic mass is 15.3. The molecule has 0 aliphatic heterocycles. The van der Waals surface area contributed by atoms with Gasteiger partial charge in [-0.3, -0.25) is 0 Å². The van der Waals surface area contributed by atoms with Crippen LogP contribution >= 0.6 is 0 Å². The average molecular weight is 251 g/mol. The number of nitrogens with two attached hydrogens (primary N) is 2. The lowest BCUT2D eigenvalue weighted by molar-refractivity contribution is 0.861. The fourth-order valence-electron chi connectivity index (χ4n) is 1.91. The zero-order valence-electron chi connectivity index (χ0n) is 10.2. The van der Waals surface area contributed by atoms with Gasteiger partial charge < -0.3 is 11.5 Å². The van der Waals surface area contributed by atoms with Crippen molar-refractivity contribution in [3.05, 3.63) is 54.7 Å². The Labute approximate surface area is 110 Å². The van der Waals surface area contributed by atoms with Gasteiger partial charge >= 0.3 is 0 Å². The van der Waals surface area contributed by atoms with Crippen LogP contribution in [-0.2, 0) is 0 Å². The Morgan fingerprint density at radius 3 is 2.32 bits per heavy atom. The van der Waals surface area contributed by atoms with Crippen LogP contribution in [0.3, 0.4) is 0 Å². The van der Waals surface area contributed by atoms with Crippen molar-refractivity contribution in [2.45, 2.75) is 0 Å². The van der Waals surface area contributed by atoms with Crippen LogP contribution in [-0.4, -0.2) is 14.8 Å². The molecule has 0 bridgehead atoms. The lowest BCUT2D eigenvalue weighted by Gasteiger charge is -2.01. The van der Waals surface area contributed by atoms with Crippen molar-refractivity contribution >= 4 is 11.5 Å². The standard InChI is InChI=1S/C14H13N5/c15-12-13(10-6-2-1-3-7-10)18-19(14(12)16)11-8-4-5-9-17-11/h1-9H,15-16H2. The summed E-state index contributed by atoms with van der Waals surface area (Å²) in [5.41, 5.74) is 14.1. The molecule has 0 saturated carbocycles. The number of rotatable bonds is 2. The normalized spacial score (nSPS) is 10.5. The molecule has 2 heterocycles. The van der Waals surface area contributed by atoms with Crippen molar-refractivity contribution in [1.29, 1.82) is 0 Å². The Morgan fingerprint density at radius 1 is 0.895 bits per heavy atom. The molecule has 1 aromatic carbocycles. The van der Waals surface area contributed by atoms with E-state index >= 15 is 0 Å². The van der Waals surface area contributed by atoms with Gasteiger partial charge in [0.2, 0.25) is 0 Å². The zero-order chi connectivity index (χ0) is 13.2. The van der Waals surface area contributed by atoms with Crippen molar-refractivity contribution in [2.24, 2.45) is 0 Å². The molecule has 2 aromatic heterocycles. The summed E-state index contributed by atoms with van der Waals surface area (Å²) in [6.45, 7) is 0. The van der Waals surface area contributed by atoms with Crippen molar-refractivity contribution < 1.29 is 0 Å². The van der Waals surface area contributed by atoms with E-state index in [9.17, 15) is 0 Å². The molecular weight excluding hydrogens is 238 g/mol. The van der Waals surface area contributed by atoms with Gasteiger partial charge in [-0.25, -0.2) is 4.98 Å². The maximum absolute atomic E-state index is 6.04. The summed E-state index contributed by atoms with van der Waals surface area (Å²) in [6.07, 6.45) is 1.69. The Kier molecular flexibility index (Phi) is 2.64. The second-order valence-electron chi connectivity index (χ2n) is 4.11. The SMILES string of the molecule is Nc1c(-c2ccccc2)nn(-c2ccccn2)c1N. The van der Waals surface area contributed by atoms with E-state index in [4.69, 9.17) is 11.5 Å². The van der Waals surface area contributed by atoms with Crippen LogP contribution in [0, 0.1) is 0 Å². The predicted molar refractivity (Wildman–Crippen MR) is 75.6 cm³/mol. The predicted octanol–water partition coefficient (Wildman–Crippen LogP) is 2.10. The first-order chi connectivity index (χ1) is 9.27. The van der Waals surface area contributed by atoms with E-state index in [0.717, 1.165) is 5.56 Å². The second-order valence-corrected chi connectivity index (χ2v) is 4.11. The molecule has 5 nitrogen and oxygen atoms in total. The van der Waals surface area contributed by atoms with Crippen LogP contribution in [0.25, 0.3) is 17.1 Å². The van der Waals surface area contributed by atoms with Crippen LogP contribution in [0.15, 0.2) is 54.7 Å². The first kappa shape index (κ1) is 11.3. The first-order valence-corrected chi connectivity index (χ1v) is 5.88. The highest BCUT2D eigenvalue weighted by molar-refractivity contribution is 5.81. The summed E-state index contributed by atoms with van der Waals surface area (Å²) in [7, 11) is 0. The van der Waals surface area contributed by atoms with E-state index in [1.54, 1.807) is 10.9 Å². The quantitative estimate of drug-likeness (QED) is 0.730. The van der Waals surface area contributed by atoms with Crippen LogP contribution in [0.2, 0.25) is 0 Å². The smallest absolute Gasteiger partial charge is 0.155 e. The molecule has 94 valence electrons. The fourth-order valence-corrected chi connectivity index (χ4v) is 1.91. The van der Waals surface area contributed by atoms with Gasteiger partial charge in [-0.15, -0.1) is 0 Å². The monoisotopic (exact) mass is 251 g/mol. The van der Waals surface area contributed by atoms with E-state index in [0.29, 0.717) is 23.0 Å². The van der Waals surface area contributed by atoms with Crippen molar-refractivity contribution in [1.82, 2.24) is 14.8 Å². The topological polar surface area (TPSA) is 82.8 Å². The molecule has 0 spiro atoms. The Balaban J connectivity index is 2.16. The number of pyridine rings is 1. The third-order valence-corrected chi connectivity index (χ3v) is 2.87. The summed E-state index contributed by atoms with van der Waals surface area (Å²) >= 11 is 0. The van der Waals surface area contributed by atoms with Crippen LogP contribution in [0.4, 0.5) is 11.5 Å². The maximum atomic E-state index is 6.04. The van der Waals surface area contributed by atoms with Crippen molar-refractivity contribution in [2.75, 3.05) is 11.5 Å². The highest BCUT2D eigenvalue weighted by Crippen LogP contribution is 2.30. The van der Waals surface area contributed by atoms with E-state index in [-0.39, 0.29) is 0 Å². The molecule has 0 fully saturated rings. The van der Waals surface area contributed by atoms with Gasteiger partial charge in [-0.2, -0.15) is 9.78 Å². The molecule has 0 aliphatic carbocycles. The number of nitrogens with zero attached hydrogens (tertiary/aromatic N) is 3. The third-order valence-electron chi connectivity index (χ3n) is 2.87. The second kappa shape index (κ2) is 4.45. The molecule has 0 saturated heterocycles. The van der Waals surface area contributed by atoms with Gasteiger partial charge in [0.05, 0.1) is 0 Å². The molecule has 19 heavy (non-hydrogen) atoms. The van der Waals surface area contributed by atoms with Crippen molar-refractivity contribution in [3.8, 4) is 17.1 Å². The molecule has 3 aromatic rings. The summed E-state index contributed by atoms with van der Waals surface area (Å²) in [5, 5.41) is 4.45. The van der Waals surface area contributed by atoms with E-state index in [1.165, 1.54) is 0 Å². The molecule has 0 radical (unpaired) electrons. The number of anilines is 2. The number of nitrogen functional groups attached to an aromatic ring is 2.